The van der Waals surface area contributed by atoms with Gasteiger partial charge in [0.25, 0.3) is 0 Å². The van der Waals surface area contributed by atoms with Crippen LogP contribution >= 0.6 is 0 Å². The summed E-state index contributed by atoms with van der Waals surface area (Å²) in [5, 5.41) is 9.17. The second kappa shape index (κ2) is 13.1. The van der Waals surface area contributed by atoms with Gasteiger partial charge < -0.3 is 13.6 Å². The number of benzene rings is 9. The Morgan fingerprint density at radius 1 is 0.295 bits per heavy atom. The first-order chi connectivity index (χ1) is 30.3. The molecule has 13 rings (SSSR count). The fourth-order valence-electron chi connectivity index (χ4n) is 9.44. The smallest absolute Gasteiger partial charge is 0.164 e. The minimum atomic E-state index is 0.623. The minimum Gasteiger partial charge on any atom is -0.455 e. The van der Waals surface area contributed by atoms with Gasteiger partial charge in [-0.1, -0.05) is 127 Å². The average Bonchev–Trinajstić information content (AvgIpc) is 4.00. The van der Waals surface area contributed by atoms with E-state index < -0.39 is 0 Å². The van der Waals surface area contributed by atoms with Gasteiger partial charge in [-0.05, 0) is 83.6 Å². The van der Waals surface area contributed by atoms with E-state index in [9.17, 15) is 0 Å². The van der Waals surface area contributed by atoms with E-state index in [-0.39, 0.29) is 0 Å². The number of fused-ring (bicyclic) bond motifs is 13. The van der Waals surface area contributed by atoms with Crippen LogP contribution in [0.1, 0.15) is 0 Å². The van der Waals surface area contributed by atoms with Crippen LogP contribution in [0.4, 0.5) is 0 Å². The zero-order chi connectivity index (χ0) is 40.0. The Morgan fingerprint density at radius 2 is 0.754 bits per heavy atom. The van der Waals surface area contributed by atoms with Crippen molar-refractivity contribution in [3.05, 3.63) is 200 Å². The number of rotatable bonds is 5. The third-order valence-corrected chi connectivity index (χ3v) is 12.2. The van der Waals surface area contributed by atoms with Crippen LogP contribution in [0.2, 0.25) is 0 Å². The van der Waals surface area contributed by atoms with Gasteiger partial charge in [0.1, 0.15) is 11.2 Å². The molecule has 0 saturated carbocycles. The van der Waals surface area contributed by atoms with Crippen molar-refractivity contribution in [3.8, 4) is 45.5 Å². The minimum absolute atomic E-state index is 0.623. The molecule has 0 fully saturated rings. The highest BCUT2D eigenvalue weighted by Crippen LogP contribution is 2.46. The predicted octanol–water partition coefficient (Wildman–Crippen LogP) is 14.1. The summed E-state index contributed by atoms with van der Waals surface area (Å²) in [4.78, 5) is 14.8. The van der Waals surface area contributed by atoms with E-state index in [1.165, 1.54) is 16.2 Å². The molecule has 0 aliphatic rings. The molecule has 6 heteroatoms. The summed E-state index contributed by atoms with van der Waals surface area (Å²) >= 11 is 0. The third kappa shape index (κ3) is 5.06. The van der Waals surface area contributed by atoms with Crippen molar-refractivity contribution in [1.82, 2.24) is 24.1 Å². The molecule has 6 nitrogen and oxygen atoms in total. The van der Waals surface area contributed by atoms with Crippen LogP contribution in [0.25, 0.3) is 122 Å². The van der Waals surface area contributed by atoms with Gasteiger partial charge in [-0.2, -0.15) is 0 Å². The molecule has 0 N–H and O–H groups in total. The maximum atomic E-state index is 7.27. The fourth-order valence-corrected chi connectivity index (χ4v) is 9.44. The molecule has 0 radical (unpaired) electrons. The van der Waals surface area contributed by atoms with Crippen molar-refractivity contribution in [2.45, 2.75) is 0 Å². The number of para-hydroxylation sites is 2. The topological polar surface area (TPSA) is 61.7 Å². The number of furan rings is 1. The zero-order valence-electron chi connectivity index (χ0n) is 32.7. The zero-order valence-corrected chi connectivity index (χ0v) is 32.7. The Balaban J connectivity index is 1.02. The van der Waals surface area contributed by atoms with Gasteiger partial charge in [0.2, 0.25) is 0 Å². The van der Waals surface area contributed by atoms with Crippen LogP contribution in [0, 0.1) is 0 Å². The molecule has 4 aromatic heterocycles. The molecule has 9 aromatic carbocycles. The molecule has 0 spiro atoms. The van der Waals surface area contributed by atoms with Crippen molar-refractivity contribution >= 4 is 76.3 Å². The van der Waals surface area contributed by atoms with Gasteiger partial charge >= 0.3 is 0 Å². The molecule has 4 heterocycles. The molecule has 61 heavy (non-hydrogen) atoms. The number of nitrogens with zero attached hydrogens (tertiary/aromatic N) is 5. The van der Waals surface area contributed by atoms with E-state index in [0.717, 1.165) is 88.2 Å². The van der Waals surface area contributed by atoms with Gasteiger partial charge in [0.15, 0.2) is 17.5 Å². The first-order valence-electron chi connectivity index (χ1n) is 20.5. The Hall–Kier alpha value is -8.35. The summed E-state index contributed by atoms with van der Waals surface area (Å²) in [7, 11) is 0. The van der Waals surface area contributed by atoms with Gasteiger partial charge in [-0.3, -0.25) is 0 Å². The molecular weight excluding hydrogens is 747 g/mol. The van der Waals surface area contributed by atoms with E-state index in [4.69, 9.17) is 19.4 Å². The first kappa shape index (κ1) is 33.6. The van der Waals surface area contributed by atoms with Crippen molar-refractivity contribution in [3.63, 3.8) is 0 Å². The molecule has 0 aliphatic heterocycles. The Bertz CT molecular complexity index is 3790. The lowest BCUT2D eigenvalue weighted by Crippen LogP contribution is -2.00. The molecule has 284 valence electrons. The lowest BCUT2D eigenvalue weighted by atomic mass is 10.0. The quantitative estimate of drug-likeness (QED) is 0.175. The number of aromatic nitrogens is 5. The summed E-state index contributed by atoms with van der Waals surface area (Å²) in [6.45, 7) is 0. The van der Waals surface area contributed by atoms with Crippen molar-refractivity contribution in [2.24, 2.45) is 0 Å². The maximum absolute atomic E-state index is 7.27. The van der Waals surface area contributed by atoms with Crippen molar-refractivity contribution in [1.29, 1.82) is 0 Å². The maximum Gasteiger partial charge on any atom is 0.164 e. The van der Waals surface area contributed by atoms with Crippen LogP contribution < -0.4 is 0 Å². The van der Waals surface area contributed by atoms with Crippen molar-refractivity contribution < 1.29 is 4.42 Å². The highest BCUT2D eigenvalue weighted by Gasteiger charge is 2.23. The van der Waals surface area contributed by atoms with Crippen molar-refractivity contribution in [2.75, 3.05) is 0 Å². The third-order valence-electron chi connectivity index (χ3n) is 12.2. The summed E-state index contributed by atoms with van der Waals surface area (Å²) in [6, 6.07) is 70.1. The molecule has 0 unspecified atom stereocenters. The van der Waals surface area contributed by atoms with Gasteiger partial charge in [-0.15, -0.1) is 0 Å². The Kier molecular flexibility index (Phi) is 7.21. The van der Waals surface area contributed by atoms with E-state index in [0.29, 0.717) is 17.5 Å². The molecule has 13 aromatic rings. The van der Waals surface area contributed by atoms with Crippen LogP contribution in [-0.4, -0.2) is 24.1 Å². The molecular formula is C55H33N5O. The monoisotopic (exact) mass is 779 g/mol. The SMILES string of the molecule is c1ccc(-c2nc(-c3ccccc3)nc(-c3ccc(-n4c5ccccc5c5c6oc7c(ccc8c7c7c9ccccc9ccc7n8-c7ccccc7)c6ccc54)cc3)n2)cc1. The Morgan fingerprint density at radius 3 is 1.41 bits per heavy atom. The summed E-state index contributed by atoms with van der Waals surface area (Å²) in [6.07, 6.45) is 0. The highest BCUT2D eigenvalue weighted by molar-refractivity contribution is 6.32. The van der Waals surface area contributed by atoms with E-state index in [2.05, 4.69) is 149 Å². The highest BCUT2D eigenvalue weighted by atomic mass is 16.3. The predicted molar refractivity (Wildman–Crippen MR) is 250 cm³/mol. The molecule has 0 amide bonds. The summed E-state index contributed by atoms with van der Waals surface area (Å²) < 4.78 is 12.0. The van der Waals surface area contributed by atoms with Crippen LogP contribution in [0.3, 0.4) is 0 Å². The average molecular weight is 780 g/mol. The number of hydrogen-bond donors (Lipinski definition) is 0. The van der Waals surface area contributed by atoms with Crippen LogP contribution in [0.5, 0.6) is 0 Å². The molecule has 0 aliphatic carbocycles. The van der Waals surface area contributed by atoms with Crippen LogP contribution in [0.15, 0.2) is 205 Å². The second-order valence-electron chi connectivity index (χ2n) is 15.6. The van der Waals surface area contributed by atoms with E-state index >= 15 is 0 Å². The first-order valence-corrected chi connectivity index (χ1v) is 20.5. The lowest BCUT2D eigenvalue weighted by molar-refractivity contribution is 0.677. The lowest BCUT2D eigenvalue weighted by Gasteiger charge is -2.10. The summed E-state index contributed by atoms with van der Waals surface area (Å²) in [5.74, 6) is 1.90. The fraction of sp³-hybridized carbons (Fsp3) is 0. The van der Waals surface area contributed by atoms with Gasteiger partial charge in [-0.25, -0.2) is 15.0 Å². The normalized spacial score (nSPS) is 11.9. The van der Waals surface area contributed by atoms with E-state index in [1.807, 2.05) is 60.7 Å². The second-order valence-corrected chi connectivity index (χ2v) is 15.6. The Labute approximate surface area is 349 Å². The van der Waals surface area contributed by atoms with E-state index in [1.54, 1.807) is 0 Å². The largest absolute Gasteiger partial charge is 0.455 e. The van der Waals surface area contributed by atoms with Crippen LogP contribution in [-0.2, 0) is 0 Å². The standard InChI is InChI=1S/C55H33N5O/c1-4-15-35(16-5-1)53-56-54(36-17-6-2-7-18-36)58-55(57-53)37-24-27-39(28-25-37)59-44-23-13-12-22-43(44)49-46(59)32-29-41-42-30-33-47-50(52(42)61-51(41)49)48-40-21-11-10-14-34(40)26-31-45(48)60(47)38-19-8-3-9-20-38/h1-33H. The molecule has 0 bridgehead atoms. The molecule has 0 saturated heterocycles. The van der Waals surface area contributed by atoms with Gasteiger partial charge in [0.05, 0.1) is 32.8 Å². The molecule has 0 atom stereocenters. The number of hydrogen-bond acceptors (Lipinski definition) is 4. The summed E-state index contributed by atoms with van der Waals surface area (Å²) in [5.41, 5.74) is 11.2. The van der Waals surface area contributed by atoms with Gasteiger partial charge in [0, 0.05) is 49.6 Å².